The summed E-state index contributed by atoms with van der Waals surface area (Å²) in [5.74, 6) is 1.37. The minimum atomic E-state index is 0.00236. The van der Waals surface area contributed by atoms with E-state index in [2.05, 4.69) is 5.10 Å². The number of rotatable bonds is 2. The van der Waals surface area contributed by atoms with Crippen LogP contribution in [0, 0.1) is 0 Å². The monoisotopic (exact) mass is 215 g/mol. The molecule has 0 aliphatic carbocycles. The lowest BCUT2D eigenvalue weighted by Crippen LogP contribution is -2.25. The van der Waals surface area contributed by atoms with Gasteiger partial charge in [0.25, 0.3) is 0 Å². The minimum absolute atomic E-state index is 0.00236. The first kappa shape index (κ1) is 9.77. The van der Waals surface area contributed by atoms with Crippen LogP contribution in [0.1, 0.15) is 25.1 Å². The van der Waals surface area contributed by atoms with Gasteiger partial charge in [0.1, 0.15) is 5.82 Å². The maximum Gasteiger partial charge on any atom is 0.345 e. The third kappa shape index (κ3) is 1.71. The lowest BCUT2D eigenvalue weighted by Gasteiger charge is -1.97. The summed E-state index contributed by atoms with van der Waals surface area (Å²) in [7, 11) is 0. The van der Waals surface area contributed by atoms with Crippen molar-refractivity contribution >= 4 is 11.6 Å². The zero-order valence-corrected chi connectivity index (χ0v) is 8.83. The second-order valence-electron chi connectivity index (χ2n) is 3.57. The summed E-state index contributed by atoms with van der Waals surface area (Å²) in [6, 6.07) is 0. The van der Waals surface area contributed by atoms with Gasteiger partial charge in [-0.25, -0.2) is 9.48 Å². The summed E-state index contributed by atoms with van der Waals surface area (Å²) in [5.41, 5.74) is 0.00236. The standard InChI is InChI=1S/C9H14ClN3O/c10-5-7-13-9(14)12-6-3-1-2-4-8(12)11-13/h1-7H2. The van der Waals surface area contributed by atoms with E-state index in [1.807, 2.05) is 0 Å². The predicted octanol–water partition coefficient (Wildman–Crippen LogP) is 1.01. The molecule has 5 heteroatoms. The van der Waals surface area contributed by atoms with Gasteiger partial charge >= 0.3 is 5.69 Å². The molecule has 2 heterocycles. The van der Waals surface area contributed by atoms with Crippen LogP contribution in [-0.4, -0.2) is 20.2 Å². The van der Waals surface area contributed by atoms with Gasteiger partial charge < -0.3 is 0 Å². The summed E-state index contributed by atoms with van der Waals surface area (Å²) in [5, 5.41) is 4.28. The van der Waals surface area contributed by atoms with E-state index in [0.29, 0.717) is 12.4 Å². The van der Waals surface area contributed by atoms with Gasteiger partial charge in [0.2, 0.25) is 0 Å². The molecule has 0 saturated carbocycles. The van der Waals surface area contributed by atoms with Crippen LogP contribution in [0.5, 0.6) is 0 Å². The molecule has 1 aromatic rings. The van der Waals surface area contributed by atoms with E-state index in [1.54, 1.807) is 4.57 Å². The van der Waals surface area contributed by atoms with Crippen LogP contribution in [0.3, 0.4) is 0 Å². The number of hydrogen-bond acceptors (Lipinski definition) is 2. The van der Waals surface area contributed by atoms with Crippen molar-refractivity contribution in [1.29, 1.82) is 0 Å². The SMILES string of the molecule is O=c1n(CCCl)nc2n1CCCCC2. The van der Waals surface area contributed by atoms with Crippen molar-refractivity contribution in [1.82, 2.24) is 14.3 Å². The van der Waals surface area contributed by atoms with Gasteiger partial charge in [-0.15, -0.1) is 11.6 Å². The second kappa shape index (κ2) is 4.17. The molecular weight excluding hydrogens is 202 g/mol. The number of fused-ring (bicyclic) bond motifs is 1. The Hall–Kier alpha value is -0.770. The van der Waals surface area contributed by atoms with E-state index in [0.717, 1.165) is 31.6 Å². The molecule has 0 N–H and O–H groups in total. The maximum atomic E-state index is 11.8. The Balaban J connectivity index is 2.35. The molecule has 2 rings (SSSR count). The van der Waals surface area contributed by atoms with Crippen LogP contribution in [0.2, 0.25) is 0 Å². The fourth-order valence-corrected chi connectivity index (χ4v) is 2.01. The van der Waals surface area contributed by atoms with E-state index in [-0.39, 0.29) is 5.69 Å². The van der Waals surface area contributed by atoms with E-state index in [9.17, 15) is 4.79 Å². The largest absolute Gasteiger partial charge is 0.345 e. The fourth-order valence-electron chi connectivity index (χ4n) is 1.85. The summed E-state index contributed by atoms with van der Waals surface area (Å²) in [4.78, 5) is 11.8. The number of aryl methyl sites for hydroxylation is 2. The number of aromatic nitrogens is 3. The molecule has 0 fully saturated rings. The van der Waals surface area contributed by atoms with Gasteiger partial charge in [-0.3, -0.25) is 4.57 Å². The third-order valence-electron chi connectivity index (χ3n) is 2.58. The Morgan fingerprint density at radius 2 is 2.21 bits per heavy atom. The lowest BCUT2D eigenvalue weighted by atomic mass is 10.2. The second-order valence-corrected chi connectivity index (χ2v) is 3.95. The lowest BCUT2D eigenvalue weighted by molar-refractivity contribution is 0.576. The summed E-state index contributed by atoms with van der Waals surface area (Å²) < 4.78 is 3.27. The molecule has 0 saturated heterocycles. The van der Waals surface area contributed by atoms with Gasteiger partial charge in [-0.2, -0.15) is 5.10 Å². The number of halogens is 1. The highest BCUT2D eigenvalue weighted by Gasteiger charge is 2.14. The number of alkyl halides is 1. The van der Waals surface area contributed by atoms with E-state index in [4.69, 9.17) is 11.6 Å². The molecule has 0 atom stereocenters. The molecule has 1 aromatic heterocycles. The Morgan fingerprint density at radius 1 is 1.36 bits per heavy atom. The first-order chi connectivity index (χ1) is 6.83. The van der Waals surface area contributed by atoms with E-state index in [1.165, 1.54) is 11.1 Å². The Morgan fingerprint density at radius 3 is 3.00 bits per heavy atom. The maximum absolute atomic E-state index is 11.8. The fraction of sp³-hybridized carbons (Fsp3) is 0.778. The third-order valence-corrected chi connectivity index (χ3v) is 2.75. The highest BCUT2D eigenvalue weighted by Crippen LogP contribution is 2.09. The van der Waals surface area contributed by atoms with Gasteiger partial charge in [-0.1, -0.05) is 6.42 Å². The number of hydrogen-bond donors (Lipinski definition) is 0. The van der Waals surface area contributed by atoms with E-state index >= 15 is 0 Å². The first-order valence-electron chi connectivity index (χ1n) is 5.05. The van der Waals surface area contributed by atoms with Crippen LogP contribution in [0.25, 0.3) is 0 Å². The van der Waals surface area contributed by atoms with Crippen LogP contribution >= 0.6 is 11.6 Å². The topological polar surface area (TPSA) is 39.8 Å². The Bertz CT molecular complexity index is 369. The zero-order valence-electron chi connectivity index (χ0n) is 8.08. The van der Waals surface area contributed by atoms with Crippen LogP contribution < -0.4 is 5.69 Å². The molecule has 0 amide bonds. The molecule has 4 nitrogen and oxygen atoms in total. The van der Waals surface area contributed by atoms with Crippen LogP contribution in [0.15, 0.2) is 4.79 Å². The zero-order chi connectivity index (χ0) is 9.97. The Labute approximate surface area is 87.5 Å². The molecular formula is C9H14ClN3O. The molecule has 0 radical (unpaired) electrons. The highest BCUT2D eigenvalue weighted by molar-refractivity contribution is 6.17. The predicted molar refractivity (Wildman–Crippen MR) is 54.8 cm³/mol. The number of nitrogens with zero attached hydrogens (tertiary/aromatic N) is 3. The molecule has 14 heavy (non-hydrogen) atoms. The smallest absolute Gasteiger partial charge is 0.279 e. The molecule has 0 unspecified atom stereocenters. The van der Waals surface area contributed by atoms with Crippen molar-refractivity contribution in [2.24, 2.45) is 0 Å². The average Bonchev–Trinajstić information content (AvgIpc) is 2.41. The van der Waals surface area contributed by atoms with Crippen LogP contribution in [-0.2, 0) is 19.5 Å². The molecule has 0 bridgehead atoms. The van der Waals surface area contributed by atoms with Gasteiger partial charge in [0.05, 0.1) is 6.54 Å². The first-order valence-corrected chi connectivity index (χ1v) is 5.59. The molecule has 0 aromatic carbocycles. The van der Waals surface area contributed by atoms with Crippen molar-refractivity contribution in [2.75, 3.05) is 5.88 Å². The summed E-state index contributed by atoms with van der Waals surface area (Å²) in [6.07, 6.45) is 4.33. The van der Waals surface area contributed by atoms with Crippen molar-refractivity contribution in [2.45, 2.75) is 38.8 Å². The molecule has 1 aliphatic rings. The van der Waals surface area contributed by atoms with Gasteiger partial charge in [0.15, 0.2) is 0 Å². The van der Waals surface area contributed by atoms with Crippen molar-refractivity contribution in [3.63, 3.8) is 0 Å². The van der Waals surface area contributed by atoms with Gasteiger partial charge in [-0.05, 0) is 12.8 Å². The summed E-state index contributed by atoms with van der Waals surface area (Å²) in [6.45, 7) is 1.33. The Kier molecular flexibility index (Phi) is 2.91. The van der Waals surface area contributed by atoms with Gasteiger partial charge in [0, 0.05) is 18.8 Å². The highest BCUT2D eigenvalue weighted by atomic mass is 35.5. The summed E-state index contributed by atoms with van der Waals surface area (Å²) >= 11 is 5.59. The molecule has 0 spiro atoms. The minimum Gasteiger partial charge on any atom is -0.279 e. The van der Waals surface area contributed by atoms with Crippen molar-refractivity contribution in [3.05, 3.63) is 16.3 Å². The van der Waals surface area contributed by atoms with Crippen LogP contribution in [0.4, 0.5) is 0 Å². The van der Waals surface area contributed by atoms with Crippen molar-refractivity contribution < 1.29 is 0 Å². The normalized spacial score (nSPS) is 16.4. The van der Waals surface area contributed by atoms with E-state index < -0.39 is 0 Å². The van der Waals surface area contributed by atoms with Crippen molar-refractivity contribution in [3.8, 4) is 0 Å². The quantitative estimate of drug-likeness (QED) is 0.691. The average molecular weight is 216 g/mol. The molecule has 1 aliphatic heterocycles. The molecule has 78 valence electrons.